The molecule has 3 aromatic heterocycles. The second kappa shape index (κ2) is 4.94. The monoisotopic (exact) mass is 285 g/mol. The van der Waals surface area contributed by atoms with Crippen molar-refractivity contribution in [2.45, 2.75) is 0 Å². The highest BCUT2D eigenvalue weighted by atomic mass is 32.1. The Bertz CT molecular complexity index is 800. The first kappa shape index (κ1) is 12.6. The fraction of sp³-hybridized carbons (Fsp3) is 0.0667. The maximum Gasteiger partial charge on any atom is 0.340 e. The van der Waals surface area contributed by atoms with Gasteiger partial charge >= 0.3 is 5.97 Å². The highest BCUT2D eigenvalue weighted by molar-refractivity contribution is 7.17. The van der Waals surface area contributed by atoms with E-state index in [-0.39, 0.29) is 5.97 Å². The van der Waals surface area contributed by atoms with Gasteiger partial charge in [-0.25, -0.2) is 4.79 Å². The van der Waals surface area contributed by atoms with Crippen LogP contribution in [-0.2, 0) is 4.74 Å². The smallest absolute Gasteiger partial charge is 0.340 e. The second-order valence-electron chi connectivity index (χ2n) is 4.21. The summed E-state index contributed by atoms with van der Waals surface area (Å²) in [5, 5.41) is 0. The number of esters is 1. The number of pyridine rings is 1. The lowest BCUT2D eigenvalue weighted by Gasteiger charge is -2.03. The number of hydrogen-bond donors (Lipinski definition) is 0. The quantitative estimate of drug-likeness (QED) is 0.548. The first-order chi connectivity index (χ1) is 9.74. The summed E-state index contributed by atoms with van der Waals surface area (Å²) in [6.45, 7) is 0. The van der Waals surface area contributed by atoms with Gasteiger partial charge in [-0.05, 0) is 30.3 Å². The molecule has 3 heterocycles. The minimum absolute atomic E-state index is 0.384. The van der Waals surface area contributed by atoms with Crippen LogP contribution < -0.4 is 0 Å². The fourth-order valence-corrected chi connectivity index (χ4v) is 3.06. The van der Waals surface area contributed by atoms with E-state index in [4.69, 9.17) is 4.74 Å². The molecule has 0 aliphatic rings. The molecule has 0 radical (unpaired) electrons. The molecule has 0 unspecified atom stereocenters. The molecule has 20 heavy (non-hydrogen) atoms. The molecule has 0 aliphatic carbocycles. The van der Waals surface area contributed by atoms with E-state index in [0.29, 0.717) is 10.4 Å². The summed E-state index contributed by atoms with van der Waals surface area (Å²) in [6, 6.07) is 11.1. The Kier molecular flexibility index (Phi) is 3.12. The SMILES string of the molecule is COC(=O)c1cc2ccccn2c1-c1ccc(C=O)s1. The Labute approximate surface area is 119 Å². The van der Waals surface area contributed by atoms with Crippen LogP contribution >= 0.6 is 11.3 Å². The summed E-state index contributed by atoms with van der Waals surface area (Å²) in [7, 11) is 1.36. The Hall–Kier alpha value is -2.40. The topological polar surface area (TPSA) is 47.8 Å². The zero-order valence-corrected chi connectivity index (χ0v) is 11.5. The predicted octanol–water partition coefficient (Wildman–Crippen LogP) is 3.27. The van der Waals surface area contributed by atoms with Gasteiger partial charge in [-0.15, -0.1) is 11.3 Å². The highest BCUT2D eigenvalue weighted by Gasteiger charge is 2.19. The van der Waals surface area contributed by atoms with Gasteiger partial charge in [0.15, 0.2) is 6.29 Å². The molecule has 5 heteroatoms. The number of hydrogen-bond acceptors (Lipinski definition) is 4. The van der Waals surface area contributed by atoms with Gasteiger partial charge in [0.05, 0.1) is 28.1 Å². The standard InChI is InChI=1S/C15H11NO3S/c1-19-15(18)12-8-10-4-2-3-7-16(10)14(12)13-6-5-11(9-17)20-13/h2-9H,1H3. The molecule has 0 saturated heterocycles. The van der Waals surface area contributed by atoms with Crippen molar-refractivity contribution in [3.8, 4) is 10.6 Å². The van der Waals surface area contributed by atoms with E-state index in [1.807, 2.05) is 34.9 Å². The maximum absolute atomic E-state index is 12.0. The summed E-state index contributed by atoms with van der Waals surface area (Å²) in [5.41, 5.74) is 2.16. The molecule has 0 aliphatic heterocycles. The van der Waals surface area contributed by atoms with E-state index in [0.717, 1.165) is 22.4 Å². The van der Waals surface area contributed by atoms with E-state index in [2.05, 4.69) is 0 Å². The number of methoxy groups -OCH3 is 1. The fourth-order valence-electron chi connectivity index (χ4n) is 2.18. The molecule has 3 aromatic rings. The molecule has 100 valence electrons. The minimum atomic E-state index is -0.384. The van der Waals surface area contributed by atoms with Crippen molar-refractivity contribution in [2.75, 3.05) is 7.11 Å². The molecule has 0 N–H and O–H groups in total. The number of nitrogens with zero attached hydrogens (tertiary/aromatic N) is 1. The van der Waals surface area contributed by atoms with Crippen LogP contribution in [0.3, 0.4) is 0 Å². The van der Waals surface area contributed by atoms with Crippen molar-refractivity contribution < 1.29 is 14.3 Å². The Balaban J connectivity index is 2.30. The van der Waals surface area contributed by atoms with Gasteiger partial charge in [-0.3, -0.25) is 4.79 Å². The zero-order valence-electron chi connectivity index (χ0n) is 10.7. The molecule has 0 fully saturated rings. The Morgan fingerprint density at radius 2 is 2.15 bits per heavy atom. The first-order valence-corrected chi connectivity index (χ1v) is 6.80. The Morgan fingerprint density at radius 1 is 1.30 bits per heavy atom. The average Bonchev–Trinajstić information content (AvgIpc) is 3.09. The van der Waals surface area contributed by atoms with Crippen LogP contribution in [0.25, 0.3) is 16.1 Å². The van der Waals surface area contributed by atoms with Crippen LogP contribution in [0.15, 0.2) is 42.6 Å². The van der Waals surface area contributed by atoms with Gasteiger partial charge < -0.3 is 9.14 Å². The average molecular weight is 285 g/mol. The first-order valence-electron chi connectivity index (χ1n) is 5.98. The van der Waals surface area contributed by atoms with Crippen LogP contribution in [-0.4, -0.2) is 23.8 Å². The van der Waals surface area contributed by atoms with Gasteiger partial charge in [0.2, 0.25) is 0 Å². The lowest BCUT2D eigenvalue weighted by atomic mass is 10.2. The second-order valence-corrected chi connectivity index (χ2v) is 5.33. The van der Waals surface area contributed by atoms with Crippen molar-refractivity contribution in [1.82, 2.24) is 4.40 Å². The lowest BCUT2D eigenvalue weighted by Crippen LogP contribution is -2.01. The van der Waals surface area contributed by atoms with Gasteiger partial charge in [-0.1, -0.05) is 6.07 Å². The third kappa shape index (κ3) is 1.92. The number of carbonyl (C=O) groups is 2. The number of thiophene rings is 1. The third-order valence-electron chi connectivity index (χ3n) is 3.06. The maximum atomic E-state index is 12.0. The van der Waals surface area contributed by atoms with Crippen LogP contribution in [0, 0.1) is 0 Å². The molecule has 0 saturated carbocycles. The van der Waals surface area contributed by atoms with Crippen LogP contribution in [0.1, 0.15) is 20.0 Å². The van der Waals surface area contributed by atoms with E-state index in [9.17, 15) is 9.59 Å². The number of rotatable bonds is 3. The third-order valence-corrected chi connectivity index (χ3v) is 4.08. The molecular formula is C15H11NO3S. The minimum Gasteiger partial charge on any atom is -0.465 e. The highest BCUT2D eigenvalue weighted by Crippen LogP contribution is 2.33. The van der Waals surface area contributed by atoms with Crippen molar-refractivity contribution in [2.24, 2.45) is 0 Å². The van der Waals surface area contributed by atoms with Crippen molar-refractivity contribution >= 4 is 29.1 Å². The molecule has 0 amide bonds. The number of ether oxygens (including phenoxy) is 1. The summed E-state index contributed by atoms with van der Waals surface area (Å²) in [4.78, 5) is 24.3. The van der Waals surface area contributed by atoms with Crippen LogP contribution in [0.4, 0.5) is 0 Å². The predicted molar refractivity (Wildman–Crippen MR) is 77.4 cm³/mol. The number of carbonyl (C=O) groups excluding carboxylic acids is 2. The van der Waals surface area contributed by atoms with Crippen molar-refractivity contribution in [1.29, 1.82) is 0 Å². The van der Waals surface area contributed by atoms with Crippen molar-refractivity contribution in [3.05, 3.63) is 53.0 Å². The molecular weight excluding hydrogens is 274 g/mol. The molecule has 0 atom stereocenters. The largest absolute Gasteiger partial charge is 0.465 e. The summed E-state index contributed by atoms with van der Waals surface area (Å²) < 4.78 is 6.77. The molecule has 0 bridgehead atoms. The van der Waals surface area contributed by atoms with E-state index >= 15 is 0 Å². The van der Waals surface area contributed by atoms with Gasteiger partial charge in [-0.2, -0.15) is 0 Å². The summed E-state index contributed by atoms with van der Waals surface area (Å²) >= 11 is 1.35. The van der Waals surface area contributed by atoms with Crippen molar-refractivity contribution in [3.63, 3.8) is 0 Å². The van der Waals surface area contributed by atoms with Crippen LogP contribution in [0.2, 0.25) is 0 Å². The van der Waals surface area contributed by atoms with E-state index in [1.165, 1.54) is 18.4 Å². The van der Waals surface area contributed by atoms with Crippen LogP contribution in [0.5, 0.6) is 0 Å². The van der Waals surface area contributed by atoms with E-state index < -0.39 is 0 Å². The van der Waals surface area contributed by atoms with Gasteiger partial charge in [0, 0.05) is 11.7 Å². The normalized spacial score (nSPS) is 10.7. The summed E-state index contributed by atoms with van der Waals surface area (Å²) in [6.07, 6.45) is 2.69. The molecule has 0 spiro atoms. The number of aromatic nitrogens is 1. The molecule has 0 aromatic carbocycles. The number of fused-ring (bicyclic) bond motifs is 1. The zero-order chi connectivity index (χ0) is 14.1. The summed E-state index contributed by atoms with van der Waals surface area (Å²) in [5.74, 6) is -0.384. The van der Waals surface area contributed by atoms with Gasteiger partial charge in [0.25, 0.3) is 0 Å². The lowest BCUT2D eigenvalue weighted by molar-refractivity contribution is 0.0602. The van der Waals surface area contributed by atoms with E-state index in [1.54, 1.807) is 12.1 Å². The number of aldehydes is 1. The molecule has 3 rings (SSSR count). The van der Waals surface area contributed by atoms with Gasteiger partial charge in [0.1, 0.15) is 0 Å². The Morgan fingerprint density at radius 3 is 2.85 bits per heavy atom. The molecule has 4 nitrogen and oxygen atoms in total.